The first-order valence-corrected chi connectivity index (χ1v) is 9.04. The summed E-state index contributed by atoms with van der Waals surface area (Å²) in [7, 11) is 0. The number of carbonyl (C=O) groups is 1. The van der Waals surface area contributed by atoms with Gasteiger partial charge in [-0.2, -0.15) is 5.10 Å². The third kappa shape index (κ3) is 3.68. The zero-order valence-corrected chi connectivity index (χ0v) is 16.0. The lowest BCUT2D eigenvalue weighted by Crippen LogP contribution is -2.13. The molecular formula is C21H17ClN4O2. The third-order valence-electron chi connectivity index (χ3n) is 4.28. The molecule has 2 aromatic carbocycles. The minimum atomic E-state index is -0.360. The highest BCUT2D eigenvalue weighted by Crippen LogP contribution is 2.29. The van der Waals surface area contributed by atoms with Crippen molar-refractivity contribution in [3.63, 3.8) is 0 Å². The zero-order valence-electron chi connectivity index (χ0n) is 15.3. The summed E-state index contributed by atoms with van der Waals surface area (Å²) >= 11 is 5.91. The van der Waals surface area contributed by atoms with E-state index in [-0.39, 0.29) is 11.6 Å². The Balaban J connectivity index is 1.60. The van der Waals surface area contributed by atoms with Gasteiger partial charge in [-0.3, -0.25) is 9.89 Å². The summed E-state index contributed by atoms with van der Waals surface area (Å²) in [5.74, 6) is 0.134. The molecule has 0 saturated carbocycles. The zero-order chi connectivity index (χ0) is 19.7. The van der Waals surface area contributed by atoms with E-state index in [0.717, 1.165) is 28.1 Å². The highest BCUT2D eigenvalue weighted by molar-refractivity contribution is 6.30. The lowest BCUT2D eigenvalue weighted by Gasteiger charge is -2.09. The van der Waals surface area contributed by atoms with E-state index < -0.39 is 0 Å². The number of aromatic nitrogens is 3. The molecule has 7 heteroatoms. The van der Waals surface area contributed by atoms with Crippen molar-refractivity contribution in [2.45, 2.75) is 13.8 Å². The van der Waals surface area contributed by atoms with Crippen molar-refractivity contribution in [1.29, 1.82) is 0 Å². The van der Waals surface area contributed by atoms with Crippen LogP contribution in [0.4, 0.5) is 5.69 Å². The van der Waals surface area contributed by atoms with Gasteiger partial charge in [0.2, 0.25) is 0 Å². The Labute approximate surface area is 166 Å². The molecule has 4 aromatic rings. The lowest BCUT2D eigenvalue weighted by atomic mass is 10.1. The summed E-state index contributed by atoms with van der Waals surface area (Å²) in [6.07, 6.45) is 0. The number of halogens is 1. The maximum Gasteiger partial charge on any atom is 0.277 e. The van der Waals surface area contributed by atoms with Gasteiger partial charge in [0, 0.05) is 27.9 Å². The van der Waals surface area contributed by atoms with Crippen LogP contribution in [0.1, 0.15) is 21.7 Å². The average molecular weight is 393 g/mol. The number of amides is 1. The van der Waals surface area contributed by atoms with Crippen molar-refractivity contribution < 1.29 is 9.32 Å². The molecule has 0 fully saturated rings. The van der Waals surface area contributed by atoms with Crippen LogP contribution in [0.3, 0.4) is 0 Å². The molecule has 0 atom stereocenters. The summed E-state index contributed by atoms with van der Waals surface area (Å²) in [5.41, 5.74) is 5.24. The molecule has 0 saturated heterocycles. The van der Waals surface area contributed by atoms with Gasteiger partial charge in [-0.25, -0.2) is 0 Å². The van der Waals surface area contributed by atoms with Crippen LogP contribution < -0.4 is 5.32 Å². The summed E-state index contributed by atoms with van der Waals surface area (Å²) < 4.78 is 5.32. The van der Waals surface area contributed by atoms with Crippen molar-refractivity contribution in [2.75, 3.05) is 5.32 Å². The van der Waals surface area contributed by atoms with Crippen LogP contribution >= 0.6 is 11.6 Å². The number of hydrogen-bond acceptors (Lipinski definition) is 4. The topological polar surface area (TPSA) is 83.8 Å². The fourth-order valence-corrected chi connectivity index (χ4v) is 2.98. The Kier molecular flexibility index (Phi) is 4.71. The molecule has 0 aliphatic heterocycles. The predicted octanol–water partition coefficient (Wildman–Crippen LogP) is 5.25. The number of aryl methyl sites for hydroxylation is 2. The maximum atomic E-state index is 12.7. The van der Waals surface area contributed by atoms with Crippen molar-refractivity contribution in [3.05, 3.63) is 76.6 Å². The molecule has 0 bridgehead atoms. The number of H-pyrrole nitrogens is 1. The molecule has 0 spiro atoms. The molecule has 0 radical (unpaired) electrons. The van der Waals surface area contributed by atoms with E-state index >= 15 is 0 Å². The van der Waals surface area contributed by atoms with Gasteiger partial charge >= 0.3 is 0 Å². The highest BCUT2D eigenvalue weighted by atomic mass is 35.5. The molecule has 2 aromatic heterocycles. The van der Waals surface area contributed by atoms with Crippen LogP contribution in [0.2, 0.25) is 5.02 Å². The Bertz CT molecular complexity index is 1150. The van der Waals surface area contributed by atoms with Gasteiger partial charge in [0.05, 0.1) is 11.4 Å². The second kappa shape index (κ2) is 7.32. The van der Waals surface area contributed by atoms with Crippen LogP contribution in [0.15, 0.2) is 59.1 Å². The first kappa shape index (κ1) is 18.0. The van der Waals surface area contributed by atoms with E-state index in [1.54, 1.807) is 18.2 Å². The van der Waals surface area contributed by atoms with Crippen LogP contribution in [0.25, 0.3) is 22.6 Å². The summed E-state index contributed by atoms with van der Waals surface area (Å²) in [4.78, 5) is 12.7. The smallest absolute Gasteiger partial charge is 0.277 e. The summed E-state index contributed by atoms with van der Waals surface area (Å²) in [6.45, 7) is 3.92. The van der Waals surface area contributed by atoms with Gasteiger partial charge < -0.3 is 9.84 Å². The van der Waals surface area contributed by atoms with Crippen LogP contribution in [0.5, 0.6) is 0 Å². The average Bonchev–Trinajstić information content (AvgIpc) is 3.33. The number of aromatic amines is 1. The van der Waals surface area contributed by atoms with Gasteiger partial charge in [-0.1, -0.05) is 28.4 Å². The molecule has 28 heavy (non-hydrogen) atoms. The minimum Gasteiger partial charge on any atom is -0.355 e. The number of rotatable bonds is 4. The fourth-order valence-electron chi connectivity index (χ4n) is 2.85. The van der Waals surface area contributed by atoms with Gasteiger partial charge in [-0.05, 0) is 56.3 Å². The fraction of sp³-hybridized carbons (Fsp3) is 0.0952. The molecule has 1 amide bonds. The largest absolute Gasteiger partial charge is 0.355 e. The van der Waals surface area contributed by atoms with Crippen LogP contribution in [-0.2, 0) is 0 Å². The number of anilines is 1. The molecule has 0 unspecified atom stereocenters. The third-order valence-corrected chi connectivity index (χ3v) is 4.53. The molecule has 0 aliphatic carbocycles. The van der Waals surface area contributed by atoms with E-state index in [9.17, 15) is 4.79 Å². The SMILES string of the molecule is Cc1ccc(NC(=O)c2cc(-c3ccc(Cl)cc3)on2)c(-c2cc(C)[nH]n2)c1. The van der Waals surface area contributed by atoms with Gasteiger partial charge in [0.25, 0.3) is 5.91 Å². The molecule has 0 aliphatic rings. The number of benzene rings is 2. The van der Waals surface area contributed by atoms with E-state index in [4.69, 9.17) is 16.1 Å². The van der Waals surface area contributed by atoms with Crippen LogP contribution in [-0.4, -0.2) is 21.3 Å². The number of hydrogen-bond donors (Lipinski definition) is 2. The van der Waals surface area contributed by atoms with Crippen molar-refractivity contribution in [3.8, 4) is 22.6 Å². The van der Waals surface area contributed by atoms with Crippen LogP contribution in [0, 0.1) is 13.8 Å². The van der Waals surface area contributed by atoms with E-state index in [1.165, 1.54) is 0 Å². The maximum absolute atomic E-state index is 12.7. The van der Waals surface area contributed by atoms with E-state index in [0.29, 0.717) is 16.5 Å². The summed E-state index contributed by atoms with van der Waals surface area (Å²) in [6, 6.07) is 16.4. The van der Waals surface area contributed by atoms with Crippen molar-refractivity contribution in [1.82, 2.24) is 15.4 Å². The molecular weight excluding hydrogens is 376 g/mol. The van der Waals surface area contributed by atoms with Gasteiger partial charge in [0.15, 0.2) is 11.5 Å². The number of nitrogens with zero attached hydrogens (tertiary/aromatic N) is 2. The Hall–Kier alpha value is -3.38. The first-order chi connectivity index (χ1) is 13.5. The molecule has 2 N–H and O–H groups in total. The van der Waals surface area contributed by atoms with Gasteiger partial charge in [0.1, 0.15) is 0 Å². The Morgan fingerprint density at radius 2 is 1.86 bits per heavy atom. The standard InChI is InChI=1S/C21H17ClN4O2/c1-12-3-8-17(16(9-12)18-10-13(2)24-25-18)23-21(27)19-11-20(28-26-19)14-4-6-15(22)7-5-14/h3-11H,1-2H3,(H,23,27)(H,24,25). The molecule has 6 nitrogen and oxygen atoms in total. The molecule has 4 rings (SSSR count). The monoisotopic (exact) mass is 392 g/mol. The predicted molar refractivity (Wildman–Crippen MR) is 108 cm³/mol. The minimum absolute atomic E-state index is 0.190. The van der Waals surface area contributed by atoms with E-state index in [1.807, 2.05) is 50.2 Å². The second-order valence-electron chi connectivity index (χ2n) is 6.52. The summed E-state index contributed by atoms with van der Waals surface area (Å²) in [5, 5.41) is 14.6. The Morgan fingerprint density at radius 1 is 1.07 bits per heavy atom. The lowest BCUT2D eigenvalue weighted by molar-refractivity contribution is 0.101. The van der Waals surface area contributed by atoms with Crippen molar-refractivity contribution in [2.24, 2.45) is 0 Å². The normalized spacial score (nSPS) is 10.8. The number of carbonyl (C=O) groups excluding carboxylic acids is 1. The van der Waals surface area contributed by atoms with Gasteiger partial charge in [-0.15, -0.1) is 0 Å². The molecule has 2 heterocycles. The second-order valence-corrected chi connectivity index (χ2v) is 6.96. The van der Waals surface area contributed by atoms with E-state index in [2.05, 4.69) is 20.7 Å². The van der Waals surface area contributed by atoms with Crippen molar-refractivity contribution >= 4 is 23.2 Å². The number of nitrogens with one attached hydrogen (secondary N) is 2. The Morgan fingerprint density at radius 3 is 2.57 bits per heavy atom. The quantitative estimate of drug-likeness (QED) is 0.496. The highest BCUT2D eigenvalue weighted by Gasteiger charge is 2.17. The first-order valence-electron chi connectivity index (χ1n) is 8.66. The molecule has 140 valence electrons.